The van der Waals surface area contributed by atoms with E-state index < -0.39 is 0 Å². The number of rotatable bonds is 3. The molecule has 0 aromatic heterocycles. The number of hydrogen-bond acceptors (Lipinski definition) is 4. The molecule has 160 valence electrons. The Morgan fingerprint density at radius 3 is 2.60 bits per heavy atom. The number of carbonyl (C=O) groups excluding carboxylic acids is 1. The van der Waals surface area contributed by atoms with Crippen molar-refractivity contribution < 1.29 is 9.53 Å². The largest absolute Gasteiger partial charge is 0.458 e. The zero-order valence-corrected chi connectivity index (χ0v) is 18.2. The third-order valence-corrected chi connectivity index (χ3v) is 9.42. The summed E-state index contributed by atoms with van der Waals surface area (Å²) in [4.78, 5) is 24.0. The highest BCUT2D eigenvalue weighted by Gasteiger charge is 2.59. The number of nitrogens with zero attached hydrogens (tertiary/aromatic N) is 1. The molecule has 4 heteroatoms. The summed E-state index contributed by atoms with van der Waals surface area (Å²) in [6, 6.07) is 9.32. The lowest BCUT2D eigenvalue weighted by Gasteiger charge is -2.57. The van der Waals surface area contributed by atoms with Gasteiger partial charge in [-0.3, -0.25) is 0 Å². The van der Waals surface area contributed by atoms with Crippen molar-refractivity contribution >= 4 is 5.97 Å². The van der Waals surface area contributed by atoms with Crippen LogP contribution in [0.25, 0.3) is 0 Å². The van der Waals surface area contributed by atoms with Gasteiger partial charge < -0.3 is 4.74 Å². The standard InChI is InChI=1S/C26H33NO3/c1-25-14-12-19(30-24(28)17-6-4-3-5-7-17)16-18(25)8-9-20-21-10-11-23(27-29)26(21,2)15-13-22(20)25/h3-8,19-23H,9-16H2,1-2H3/t19?,20?,21?,22?,23?,25-,26-/m0/s1. The summed E-state index contributed by atoms with van der Waals surface area (Å²) in [5, 5.41) is 3.53. The Kier molecular flexibility index (Phi) is 4.87. The molecule has 0 bridgehead atoms. The predicted octanol–water partition coefficient (Wildman–Crippen LogP) is 6.31. The Morgan fingerprint density at radius 1 is 1.03 bits per heavy atom. The van der Waals surface area contributed by atoms with Gasteiger partial charge in [0, 0.05) is 6.42 Å². The van der Waals surface area contributed by atoms with Gasteiger partial charge in [0.25, 0.3) is 0 Å². The van der Waals surface area contributed by atoms with Crippen LogP contribution in [0.4, 0.5) is 0 Å². The van der Waals surface area contributed by atoms with Crippen molar-refractivity contribution in [3.63, 3.8) is 0 Å². The Balaban J connectivity index is 1.32. The maximum atomic E-state index is 12.5. The van der Waals surface area contributed by atoms with E-state index in [-0.39, 0.29) is 28.9 Å². The number of ether oxygens (including phenoxy) is 1. The molecule has 0 spiro atoms. The van der Waals surface area contributed by atoms with E-state index in [4.69, 9.17) is 4.74 Å². The molecule has 0 aliphatic heterocycles. The highest BCUT2D eigenvalue weighted by Crippen LogP contribution is 2.65. The van der Waals surface area contributed by atoms with E-state index in [0.717, 1.165) is 44.9 Å². The molecule has 7 atom stereocenters. The van der Waals surface area contributed by atoms with Crippen molar-refractivity contribution in [1.82, 2.24) is 0 Å². The van der Waals surface area contributed by atoms with Crippen molar-refractivity contribution in [2.45, 2.75) is 77.4 Å². The third kappa shape index (κ3) is 2.98. The lowest BCUT2D eigenvalue weighted by molar-refractivity contribution is -0.0440. The van der Waals surface area contributed by atoms with Crippen molar-refractivity contribution in [1.29, 1.82) is 0 Å². The van der Waals surface area contributed by atoms with Gasteiger partial charge in [-0.1, -0.05) is 48.9 Å². The summed E-state index contributed by atoms with van der Waals surface area (Å²) in [6.07, 6.45) is 10.9. The minimum Gasteiger partial charge on any atom is -0.458 e. The summed E-state index contributed by atoms with van der Waals surface area (Å²) >= 11 is 0. The molecular formula is C26H33NO3. The molecule has 4 aliphatic rings. The van der Waals surface area contributed by atoms with Crippen LogP contribution in [0.1, 0.15) is 75.6 Å². The molecular weight excluding hydrogens is 374 g/mol. The zero-order valence-electron chi connectivity index (χ0n) is 18.2. The molecule has 30 heavy (non-hydrogen) atoms. The molecule has 0 N–H and O–H groups in total. The lowest BCUT2D eigenvalue weighted by Crippen LogP contribution is -2.51. The summed E-state index contributed by atoms with van der Waals surface area (Å²) in [7, 11) is 0. The second kappa shape index (κ2) is 7.32. The molecule has 0 saturated heterocycles. The van der Waals surface area contributed by atoms with Gasteiger partial charge in [0.05, 0.1) is 11.6 Å². The second-order valence-electron chi connectivity index (χ2n) is 10.6. The zero-order chi connectivity index (χ0) is 20.9. The van der Waals surface area contributed by atoms with Crippen LogP contribution in [0.3, 0.4) is 0 Å². The van der Waals surface area contributed by atoms with Gasteiger partial charge in [-0.15, -0.1) is 0 Å². The fourth-order valence-corrected chi connectivity index (χ4v) is 7.67. The molecule has 5 unspecified atom stereocenters. The minimum atomic E-state index is -0.203. The van der Waals surface area contributed by atoms with Crippen LogP contribution in [0.2, 0.25) is 0 Å². The van der Waals surface area contributed by atoms with Crippen molar-refractivity contribution in [2.24, 2.45) is 33.8 Å². The van der Waals surface area contributed by atoms with Gasteiger partial charge in [0.2, 0.25) is 0 Å². The number of fused-ring (bicyclic) bond motifs is 5. The van der Waals surface area contributed by atoms with E-state index in [1.54, 1.807) is 0 Å². The van der Waals surface area contributed by atoms with Crippen molar-refractivity contribution in [3.8, 4) is 0 Å². The number of allylic oxidation sites excluding steroid dienone is 1. The molecule has 3 fully saturated rings. The molecule has 1 aromatic carbocycles. The van der Waals surface area contributed by atoms with E-state index in [1.807, 2.05) is 30.3 Å². The molecule has 0 heterocycles. The predicted molar refractivity (Wildman–Crippen MR) is 117 cm³/mol. The van der Waals surface area contributed by atoms with Gasteiger partial charge in [0.15, 0.2) is 0 Å². The van der Waals surface area contributed by atoms with Crippen molar-refractivity contribution in [2.75, 3.05) is 0 Å². The fraction of sp³-hybridized carbons (Fsp3) is 0.654. The number of hydrogen-bond donors (Lipinski definition) is 0. The summed E-state index contributed by atoms with van der Waals surface area (Å²) in [5.74, 6) is 1.78. The van der Waals surface area contributed by atoms with Crippen molar-refractivity contribution in [3.05, 3.63) is 52.5 Å². The Labute approximate surface area is 179 Å². The van der Waals surface area contributed by atoms with Crippen LogP contribution >= 0.6 is 0 Å². The maximum absolute atomic E-state index is 12.5. The van der Waals surface area contributed by atoms with E-state index in [0.29, 0.717) is 23.3 Å². The quantitative estimate of drug-likeness (QED) is 0.335. The smallest absolute Gasteiger partial charge is 0.338 e. The molecule has 3 saturated carbocycles. The molecule has 0 amide bonds. The normalized spacial score (nSPS) is 42.3. The van der Waals surface area contributed by atoms with E-state index >= 15 is 0 Å². The van der Waals surface area contributed by atoms with Gasteiger partial charge in [-0.2, -0.15) is 4.91 Å². The molecule has 4 nitrogen and oxygen atoms in total. The summed E-state index contributed by atoms with van der Waals surface area (Å²) in [6.45, 7) is 4.78. The van der Waals surface area contributed by atoms with Gasteiger partial charge in [0.1, 0.15) is 6.10 Å². The first kappa shape index (κ1) is 20.0. The number of carbonyl (C=O) groups is 1. The number of benzene rings is 1. The monoisotopic (exact) mass is 407 g/mol. The van der Waals surface area contributed by atoms with Crippen LogP contribution < -0.4 is 0 Å². The van der Waals surface area contributed by atoms with E-state index in [1.165, 1.54) is 12.0 Å². The van der Waals surface area contributed by atoms with Crippen LogP contribution in [0.5, 0.6) is 0 Å². The summed E-state index contributed by atoms with van der Waals surface area (Å²) < 4.78 is 5.89. The molecule has 5 rings (SSSR count). The average molecular weight is 408 g/mol. The van der Waals surface area contributed by atoms with Crippen LogP contribution in [0.15, 0.2) is 47.2 Å². The van der Waals surface area contributed by atoms with Gasteiger partial charge in [-0.25, -0.2) is 4.79 Å². The van der Waals surface area contributed by atoms with E-state index in [9.17, 15) is 9.70 Å². The Hall–Kier alpha value is -1.97. The Morgan fingerprint density at radius 2 is 1.83 bits per heavy atom. The minimum absolute atomic E-state index is 0.00904. The molecule has 1 aromatic rings. The second-order valence-corrected chi connectivity index (χ2v) is 10.6. The van der Waals surface area contributed by atoms with Gasteiger partial charge in [-0.05, 0) is 85.7 Å². The maximum Gasteiger partial charge on any atom is 0.338 e. The SMILES string of the molecule is C[C@]12CCC3C(CC=C4CC(OC(=O)c5ccccc5)CC[C@@]43C)C1CCC2N=O. The summed E-state index contributed by atoms with van der Waals surface area (Å²) in [5.41, 5.74) is 2.46. The number of esters is 1. The van der Waals surface area contributed by atoms with Crippen LogP contribution in [0, 0.1) is 33.5 Å². The molecule has 0 radical (unpaired) electrons. The molecule has 4 aliphatic carbocycles. The third-order valence-electron chi connectivity index (χ3n) is 9.42. The average Bonchev–Trinajstić information content (AvgIpc) is 3.11. The first-order valence-corrected chi connectivity index (χ1v) is 11.7. The van der Waals surface area contributed by atoms with Gasteiger partial charge >= 0.3 is 5.97 Å². The highest BCUT2D eigenvalue weighted by atomic mass is 16.5. The van der Waals surface area contributed by atoms with E-state index in [2.05, 4.69) is 25.1 Å². The highest BCUT2D eigenvalue weighted by molar-refractivity contribution is 5.89. The fourth-order valence-electron chi connectivity index (χ4n) is 7.67. The first-order chi connectivity index (χ1) is 14.5. The lowest BCUT2D eigenvalue weighted by atomic mass is 9.48. The Bertz CT molecular complexity index is 864. The topological polar surface area (TPSA) is 55.7 Å². The van der Waals surface area contributed by atoms with Crippen LogP contribution in [-0.2, 0) is 4.74 Å². The first-order valence-electron chi connectivity index (χ1n) is 11.7. The number of nitroso groups, excluding NO2 is 1. The van der Waals surface area contributed by atoms with Crippen LogP contribution in [-0.4, -0.2) is 18.1 Å².